The van der Waals surface area contributed by atoms with Gasteiger partial charge in [0.25, 0.3) is 5.91 Å². The van der Waals surface area contributed by atoms with E-state index in [0.717, 1.165) is 15.7 Å². The highest BCUT2D eigenvalue weighted by Gasteiger charge is 2.16. The molecule has 0 saturated carbocycles. The number of esters is 1. The Morgan fingerprint density at radius 3 is 2.67 bits per heavy atom. The van der Waals surface area contributed by atoms with Crippen LogP contribution in [0.1, 0.15) is 29.4 Å². The van der Waals surface area contributed by atoms with Gasteiger partial charge in [0.05, 0.1) is 30.5 Å². The first-order chi connectivity index (χ1) is 11.4. The molecule has 1 amide bonds. The van der Waals surface area contributed by atoms with E-state index >= 15 is 0 Å². The largest absolute Gasteiger partial charge is 0.469 e. The lowest BCUT2D eigenvalue weighted by atomic mass is 10.1. The van der Waals surface area contributed by atoms with Crippen molar-refractivity contribution in [2.24, 2.45) is 0 Å². The Morgan fingerprint density at radius 2 is 2.04 bits per heavy atom. The van der Waals surface area contributed by atoms with Crippen LogP contribution in [0, 0.1) is 6.92 Å². The zero-order chi connectivity index (χ0) is 17.7. The van der Waals surface area contributed by atoms with Crippen LogP contribution < -0.4 is 5.32 Å². The lowest BCUT2D eigenvalue weighted by molar-refractivity contribution is -0.141. The summed E-state index contributed by atoms with van der Waals surface area (Å²) in [5.41, 5.74) is 2.90. The van der Waals surface area contributed by atoms with Crippen LogP contribution in [0.2, 0.25) is 0 Å². The smallest absolute Gasteiger partial charge is 0.307 e. The van der Waals surface area contributed by atoms with E-state index in [4.69, 9.17) is 0 Å². The molecular formula is C18H19BrN2O3. The molecule has 0 aliphatic heterocycles. The van der Waals surface area contributed by atoms with Crippen LogP contribution in [-0.2, 0) is 9.53 Å². The highest BCUT2D eigenvalue weighted by atomic mass is 79.9. The number of pyridine rings is 1. The fraction of sp³-hybridized carbons (Fsp3) is 0.278. The summed E-state index contributed by atoms with van der Waals surface area (Å²) in [6.07, 6.45) is 0.130. The number of methoxy groups -OCH3 is 1. The van der Waals surface area contributed by atoms with Gasteiger partial charge >= 0.3 is 5.97 Å². The molecule has 2 rings (SSSR count). The maximum Gasteiger partial charge on any atom is 0.307 e. The van der Waals surface area contributed by atoms with Gasteiger partial charge in [-0.25, -0.2) is 0 Å². The summed E-state index contributed by atoms with van der Waals surface area (Å²) in [6.45, 7) is 3.55. The number of carbonyl (C=O) groups excluding carboxylic acids is 2. The summed E-state index contributed by atoms with van der Waals surface area (Å²) >= 11 is 3.44. The van der Waals surface area contributed by atoms with Gasteiger partial charge in [0, 0.05) is 16.1 Å². The normalized spacial score (nSPS) is 11.7. The van der Waals surface area contributed by atoms with Crippen LogP contribution in [0.5, 0.6) is 0 Å². The van der Waals surface area contributed by atoms with E-state index in [1.807, 2.05) is 30.3 Å². The second-order valence-electron chi connectivity index (χ2n) is 5.49. The number of ether oxygens (including phenoxy) is 1. The SMILES string of the molecule is COC(=O)CC(C)NC(=O)c1ccc(-c2cccc(Br)c2)nc1C. The number of nitrogens with one attached hydrogen (secondary N) is 1. The summed E-state index contributed by atoms with van der Waals surface area (Å²) in [5, 5.41) is 2.78. The van der Waals surface area contributed by atoms with Crippen molar-refractivity contribution in [2.75, 3.05) is 7.11 Å². The molecule has 0 radical (unpaired) electrons. The number of hydrogen-bond acceptors (Lipinski definition) is 4. The first-order valence-corrected chi connectivity index (χ1v) is 8.31. The molecule has 6 heteroatoms. The third-order valence-electron chi connectivity index (χ3n) is 3.53. The molecule has 24 heavy (non-hydrogen) atoms. The van der Waals surface area contributed by atoms with Crippen molar-refractivity contribution in [2.45, 2.75) is 26.3 Å². The Kier molecular flexibility index (Phi) is 6.09. The van der Waals surface area contributed by atoms with Crippen LogP contribution in [-0.4, -0.2) is 30.0 Å². The maximum absolute atomic E-state index is 12.3. The first-order valence-electron chi connectivity index (χ1n) is 7.52. The van der Waals surface area contributed by atoms with E-state index in [-0.39, 0.29) is 24.3 Å². The van der Waals surface area contributed by atoms with E-state index in [1.54, 1.807) is 19.9 Å². The molecule has 0 aliphatic rings. The highest BCUT2D eigenvalue weighted by Crippen LogP contribution is 2.22. The van der Waals surface area contributed by atoms with Crippen LogP contribution in [0.3, 0.4) is 0 Å². The number of nitrogens with zero attached hydrogens (tertiary/aromatic N) is 1. The fourth-order valence-electron chi connectivity index (χ4n) is 2.30. The lowest BCUT2D eigenvalue weighted by Gasteiger charge is -2.14. The lowest BCUT2D eigenvalue weighted by Crippen LogP contribution is -2.35. The fourth-order valence-corrected chi connectivity index (χ4v) is 2.69. The first kappa shape index (κ1) is 18.1. The molecular weight excluding hydrogens is 372 g/mol. The summed E-state index contributed by atoms with van der Waals surface area (Å²) in [7, 11) is 1.33. The maximum atomic E-state index is 12.3. The zero-order valence-corrected chi connectivity index (χ0v) is 15.4. The number of amides is 1. The van der Waals surface area contributed by atoms with Crippen molar-refractivity contribution >= 4 is 27.8 Å². The molecule has 0 aliphatic carbocycles. The minimum absolute atomic E-state index is 0.130. The molecule has 1 aromatic heterocycles. The van der Waals surface area contributed by atoms with E-state index in [2.05, 4.69) is 31.0 Å². The van der Waals surface area contributed by atoms with Crippen molar-refractivity contribution in [3.63, 3.8) is 0 Å². The molecule has 126 valence electrons. The third-order valence-corrected chi connectivity index (χ3v) is 4.02. The van der Waals surface area contributed by atoms with E-state index in [9.17, 15) is 9.59 Å². The topological polar surface area (TPSA) is 68.3 Å². The van der Waals surface area contributed by atoms with Gasteiger partial charge in [-0.3, -0.25) is 14.6 Å². The van der Waals surface area contributed by atoms with Gasteiger partial charge in [0.2, 0.25) is 0 Å². The van der Waals surface area contributed by atoms with Gasteiger partial charge in [-0.2, -0.15) is 0 Å². The Hall–Kier alpha value is -2.21. The summed E-state index contributed by atoms with van der Waals surface area (Å²) in [5.74, 6) is -0.611. The number of carbonyl (C=O) groups is 2. The van der Waals surface area contributed by atoms with E-state index < -0.39 is 0 Å². The predicted molar refractivity (Wildman–Crippen MR) is 95.7 cm³/mol. The van der Waals surface area contributed by atoms with E-state index in [1.165, 1.54) is 7.11 Å². The minimum atomic E-state index is -0.359. The molecule has 0 saturated heterocycles. The number of aromatic nitrogens is 1. The minimum Gasteiger partial charge on any atom is -0.469 e. The molecule has 1 N–H and O–H groups in total. The standard InChI is InChI=1S/C18H19BrN2O3/c1-11(9-17(22)24-3)20-18(23)15-7-8-16(21-12(15)2)13-5-4-6-14(19)10-13/h4-8,10-11H,9H2,1-3H3,(H,20,23). The van der Waals surface area contributed by atoms with Gasteiger partial charge in [-0.05, 0) is 38.1 Å². The van der Waals surface area contributed by atoms with Gasteiger partial charge in [-0.15, -0.1) is 0 Å². The molecule has 1 unspecified atom stereocenters. The van der Waals surface area contributed by atoms with E-state index in [0.29, 0.717) is 11.3 Å². The molecule has 0 spiro atoms. The van der Waals surface area contributed by atoms with Crippen LogP contribution >= 0.6 is 15.9 Å². The van der Waals surface area contributed by atoms with Gasteiger partial charge < -0.3 is 10.1 Å². The molecule has 1 aromatic carbocycles. The average molecular weight is 391 g/mol. The van der Waals surface area contributed by atoms with Crippen molar-refractivity contribution in [1.82, 2.24) is 10.3 Å². The van der Waals surface area contributed by atoms with Gasteiger partial charge in [-0.1, -0.05) is 28.1 Å². The average Bonchev–Trinajstić information content (AvgIpc) is 2.54. The van der Waals surface area contributed by atoms with Crippen LogP contribution in [0.4, 0.5) is 0 Å². The number of rotatable bonds is 5. The van der Waals surface area contributed by atoms with Crippen molar-refractivity contribution < 1.29 is 14.3 Å². The second-order valence-corrected chi connectivity index (χ2v) is 6.41. The summed E-state index contributed by atoms with van der Waals surface area (Å²) in [6, 6.07) is 11.1. The van der Waals surface area contributed by atoms with Crippen molar-refractivity contribution in [3.8, 4) is 11.3 Å². The molecule has 0 fully saturated rings. The summed E-state index contributed by atoms with van der Waals surface area (Å²) < 4.78 is 5.57. The Bertz CT molecular complexity index is 762. The summed E-state index contributed by atoms with van der Waals surface area (Å²) in [4.78, 5) is 28.1. The monoisotopic (exact) mass is 390 g/mol. The van der Waals surface area contributed by atoms with Crippen molar-refractivity contribution in [1.29, 1.82) is 0 Å². The van der Waals surface area contributed by atoms with Gasteiger partial charge in [0.15, 0.2) is 0 Å². The third kappa shape index (κ3) is 4.64. The predicted octanol–water partition coefficient (Wildman–Crippen LogP) is 3.50. The molecule has 1 heterocycles. The number of halogens is 1. The molecule has 0 bridgehead atoms. The number of benzene rings is 1. The van der Waals surface area contributed by atoms with Gasteiger partial charge in [0.1, 0.15) is 0 Å². The quantitative estimate of drug-likeness (QED) is 0.793. The van der Waals surface area contributed by atoms with Crippen LogP contribution in [0.15, 0.2) is 40.9 Å². The number of hydrogen-bond donors (Lipinski definition) is 1. The Balaban J connectivity index is 2.14. The Labute approximate surface area is 149 Å². The molecule has 2 aromatic rings. The van der Waals surface area contributed by atoms with Crippen LogP contribution in [0.25, 0.3) is 11.3 Å². The van der Waals surface area contributed by atoms with Crippen molar-refractivity contribution in [3.05, 3.63) is 52.1 Å². The zero-order valence-electron chi connectivity index (χ0n) is 13.8. The highest BCUT2D eigenvalue weighted by molar-refractivity contribution is 9.10. The second kappa shape index (κ2) is 8.06. The number of aryl methyl sites for hydroxylation is 1. The molecule has 5 nitrogen and oxygen atoms in total. The molecule has 1 atom stereocenters. The Morgan fingerprint density at radius 1 is 1.29 bits per heavy atom.